The summed E-state index contributed by atoms with van der Waals surface area (Å²) < 4.78 is 2.16. The van der Waals surface area contributed by atoms with Gasteiger partial charge in [-0.1, -0.05) is 11.7 Å². The number of aryl methyl sites for hydroxylation is 2. The van der Waals surface area contributed by atoms with Crippen molar-refractivity contribution in [3.05, 3.63) is 27.0 Å². The number of aromatic nitrogens is 2. The van der Waals surface area contributed by atoms with Gasteiger partial charge in [0.1, 0.15) is 4.70 Å². The molecule has 0 N–H and O–H groups in total. The van der Waals surface area contributed by atoms with Crippen molar-refractivity contribution in [1.29, 1.82) is 0 Å². The van der Waals surface area contributed by atoms with Crippen molar-refractivity contribution in [3.8, 4) is 0 Å². The largest absolute Gasteiger partial charge is 0.295 e. The van der Waals surface area contributed by atoms with Crippen LogP contribution in [0.4, 0.5) is 0 Å². The third kappa shape index (κ3) is 1.51. The molecule has 0 saturated heterocycles. The van der Waals surface area contributed by atoms with Crippen LogP contribution in [0.3, 0.4) is 0 Å². The summed E-state index contributed by atoms with van der Waals surface area (Å²) in [5.41, 5.74) is 1.32. The summed E-state index contributed by atoms with van der Waals surface area (Å²) in [5.74, 6) is 0. The first-order valence-electron chi connectivity index (χ1n) is 5.16. The van der Waals surface area contributed by atoms with Crippen LogP contribution in [0.25, 0.3) is 10.1 Å². The van der Waals surface area contributed by atoms with Crippen LogP contribution < -0.4 is 5.56 Å². The molecule has 0 spiro atoms. The molecule has 1 aliphatic rings. The quantitative estimate of drug-likeness (QED) is 0.639. The normalized spacial score (nSPS) is 15.3. The minimum atomic E-state index is -0.0306. The molecular formula is C10H10N2OS3. The van der Waals surface area contributed by atoms with E-state index in [-0.39, 0.29) is 5.56 Å². The molecule has 3 nitrogen and oxygen atoms in total. The second-order valence-corrected chi connectivity index (χ2v) is 5.96. The number of nitrogens with zero attached hydrogens (tertiary/aromatic N) is 2. The molecule has 2 aromatic heterocycles. The molecule has 0 radical (unpaired) electrons. The zero-order valence-corrected chi connectivity index (χ0v) is 11.0. The maximum Gasteiger partial charge on any atom is 0.295 e. The monoisotopic (exact) mass is 270 g/mol. The average Bonchev–Trinajstić information content (AvgIpc) is 2.69. The summed E-state index contributed by atoms with van der Waals surface area (Å²) in [6.07, 6.45) is 6.48. The van der Waals surface area contributed by atoms with Crippen molar-refractivity contribution in [2.75, 3.05) is 0 Å². The molecule has 2 aromatic rings. The van der Waals surface area contributed by atoms with Crippen LogP contribution in [0, 0.1) is 0 Å². The Bertz CT molecular complexity index is 602. The fraction of sp³-hybridized carbons (Fsp3) is 0.400. The number of hydrogen-bond acceptors (Lipinski definition) is 5. The molecule has 0 atom stereocenters. The second-order valence-electron chi connectivity index (χ2n) is 3.86. The summed E-state index contributed by atoms with van der Waals surface area (Å²) in [7, 11) is 1.05. The third-order valence-electron chi connectivity index (χ3n) is 2.95. The number of rotatable bonds is 1. The van der Waals surface area contributed by atoms with Gasteiger partial charge in [0.15, 0.2) is 0 Å². The maximum absolute atomic E-state index is 12.0. The fourth-order valence-electron chi connectivity index (χ4n) is 2.19. The van der Waals surface area contributed by atoms with Gasteiger partial charge in [-0.15, -0.1) is 11.3 Å². The molecule has 6 heteroatoms. The highest BCUT2D eigenvalue weighted by molar-refractivity contribution is 8.67. The average molecular weight is 270 g/mol. The first kappa shape index (κ1) is 10.7. The third-order valence-corrected chi connectivity index (χ3v) is 5.12. The number of thiol groups is 1. The predicted octanol–water partition coefficient (Wildman–Crippen LogP) is 2.68. The molecule has 2 heterocycles. The number of hydrogen-bond donors (Lipinski definition) is 1. The van der Waals surface area contributed by atoms with Crippen molar-refractivity contribution in [2.45, 2.75) is 25.7 Å². The SMILES string of the molecule is O=c1c2sc3c(c2cnn1SS)CCCC3. The van der Waals surface area contributed by atoms with Gasteiger partial charge in [0.2, 0.25) is 0 Å². The van der Waals surface area contributed by atoms with Crippen LogP contribution in [-0.2, 0) is 12.8 Å². The van der Waals surface area contributed by atoms with Crippen molar-refractivity contribution in [1.82, 2.24) is 9.19 Å². The number of thiophene rings is 1. The Hall–Kier alpha value is -0.460. The van der Waals surface area contributed by atoms with Gasteiger partial charge >= 0.3 is 0 Å². The molecule has 1 aliphatic carbocycles. The predicted molar refractivity (Wildman–Crippen MR) is 72.5 cm³/mol. The molecule has 0 aromatic carbocycles. The van der Waals surface area contributed by atoms with Gasteiger partial charge in [0, 0.05) is 21.2 Å². The Morgan fingerprint density at radius 2 is 2.25 bits per heavy atom. The minimum Gasteiger partial charge on any atom is -0.265 e. The zero-order chi connectivity index (χ0) is 11.1. The summed E-state index contributed by atoms with van der Waals surface area (Å²) in [5, 5.41) is 5.16. The van der Waals surface area contributed by atoms with Gasteiger partial charge < -0.3 is 0 Å². The van der Waals surface area contributed by atoms with Crippen LogP contribution in [0.5, 0.6) is 0 Å². The van der Waals surface area contributed by atoms with Crippen molar-refractivity contribution in [3.63, 3.8) is 0 Å². The van der Waals surface area contributed by atoms with Crippen molar-refractivity contribution in [2.24, 2.45) is 0 Å². The summed E-state index contributed by atoms with van der Waals surface area (Å²) in [6.45, 7) is 0. The lowest BCUT2D eigenvalue weighted by atomic mass is 9.97. The Labute approximate surface area is 106 Å². The Morgan fingerprint density at radius 1 is 1.44 bits per heavy atom. The number of fused-ring (bicyclic) bond motifs is 3. The van der Waals surface area contributed by atoms with E-state index in [4.69, 9.17) is 0 Å². The van der Waals surface area contributed by atoms with E-state index in [2.05, 4.69) is 16.8 Å². The molecule has 0 unspecified atom stereocenters. The summed E-state index contributed by atoms with van der Waals surface area (Å²) >= 11 is 5.65. The van der Waals surface area contributed by atoms with Gasteiger partial charge in [-0.05, 0) is 31.2 Å². The molecule has 3 rings (SSSR count). The molecule has 0 amide bonds. The van der Waals surface area contributed by atoms with Crippen LogP contribution >= 0.6 is 34.0 Å². The van der Waals surface area contributed by atoms with E-state index in [9.17, 15) is 4.79 Å². The summed E-state index contributed by atoms with van der Waals surface area (Å²) in [4.78, 5) is 13.4. The maximum atomic E-state index is 12.0. The standard InChI is InChI=1S/C10H10N2OS3/c13-10-9-7(5-11-12(10)16-14)6-3-1-2-4-8(6)15-9/h5,14H,1-4H2. The Kier molecular flexibility index (Phi) is 2.73. The Morgan fingerprint density at radius 3 is 3.06 bits per heavy atom. The van der Waals surface area contributed by atoms with Crippen LogP contribution in [-0.4, -0.2) is 9.19 Å². The first-order valence-corrected chi connectivity index (χ1v) is 7.80. The van der Waals surface area contributed by atoms with Crippen LogP contribution in [0.1, 0.15) is 23.3 Å². The van der Waals surface area contributed by atoms with Gasteiger partial charge in [-0.2, -0.15) is 9.19 Å². The van der Waals surface area contributed by atoms with Gasteiger partial charge in [0.05, 0.1) is 6.20 Å². The fourth-order valence-corrected chi connectivity index (χ4v) is 4.14. The lowest BCUT2D eigenvalue weighted by Gasteiger charge is -2.09. The molecule has 0 aliphatic heterocycles. The molecule has 0 saturated carbocycles. The zero-order valence-electron chi connectivity index (χ0n) is 8.47. The highest BCUT2D eigenvalue weighted by Gasteiger charge is 2.18. The lowest BCUT2D eigenvalue weighted by Crippen LogP contribution is -2.15. The topological polar surface area (TPSA) is 34.9 Å². The smallest absolute Gasteiger partial charge is 0.265 e. The van der Waals surface area contributed by atoms with E-state index < -0.39 is 0 Å². The van der Waals surface area contributed by atoms with Gasteiger partial charge in [-0.3, -0.25) is 4.79 Å². The lowest BCUT2D eigenvalue weighted by molar-refractivity contribution is 0.700. The highest BCUT2D eigenvalue weighted by atomic mass is 33.1. The van der Waals surface area contributed by atoms with Gasteiger partial charge in [0.25, 0.3) is 5.56 Å². The van der Waals surface area contributed by atoms with Crippen molar-refractivity contribution >= 4 is 44.1 Å². The van der Waals surface area contributed by atoms with Crippen molar-refractivity contribution < 1.29 is 0 Å². The van der Waals surface area contributed by atoms with Gasteiger partial charge in [-0.25, -0.2) is 0 Å². The minimum absolute atomic E-state index is 0.0306. The Balaban J connectivity index is 2.34. The molecule has 84 valence electrons. The molecule has 16 heavy (non-hydrogen) atoms. The molecule has 0 bridgehead atoms. The molecular weight excluding hydrogens is 260 g/mol. The van der Waals surface area contributed by atoms with E-state index in [0.29, 0.717) is 0 Å². The van der Waals surface area contributed by atoms with Crippen LogP contribution in [0.2, 0.25) is 0 Å². The first-order chi connectivity index (χ1) is 7.81. The van der Waals surface area contributed by atoms with E-state index >= 15 is 0 Å². The van der Waals surface area contributed by atoms with Crippen LogP contribution in [0.15, 0.2) is 11.0 Å². The molecule has 0 fully saturated rings. The highest BCUT2D eigenvalue weighted by Crippen LogP contribution is 2.34. The van der Waals surface area contributed by atoms with E-state index in [1.54, 1.807) is 17.5 Å². The summed E-state index contributed by atoms with van der Waals surface area (Å²) in [6, 6.07) is 0. The van der Waals surface area contributed by atoms with E-state index in [0.717, 1.165) is 33.9 Å². The van der Waals surface area contributed by atoms with E-state index in [1.165, 1.54) is 27.4 Å². The van der Waals surface area contributed by atoms with E-state index in [1.807, 2.05) is 0 Å². The second kappa shape index (κ2) is 4.09.